The number of rotatable bonds is 2. The molecule has 1 spiro atoms. The second kappa shape index (κ2) is 3.85. The molecule has 3 rings (SSSR count). The number of hydrogen-bond donors (Lipinski definition) is 0. The molecule has 102 valence electrons. The molecule has 0 bridgehead atoms. The monoisotopic (exact) mass is 269 g/mol. The van der Waals surface area contributed by atoms with Gasteiger partial charge in [0.05, 0.1) is 10.3 Å². The molecular formula is C12H13F2N3O2. The molecule has 0 radical (unpaired) electrons. The molecule has 2 heterocycles. The van der Waals surface area contributed by atoms with Crippen LogP contribution in [0.1, 0.15) is 19.3 Å². The molecule has 7 heteroatoms. The van der Waals surface area contributed by atoms with E-state index in [0.717, 1.165) is 0 Å². The van der Waals surface area contributed by atoms with E-state index in [1.165, 1.54) is 18.3 Å². The van der Waals surface area contributed by atoms with Crippen molar-refractivity contribution < 1.29 is 13.7 Å². The Kier molecular flexibility index (Phi) is 2.48. The molecule has 1 unspecified atom stereocenters. The molecular weight excluding hydrogens is 256 g/mol. The fraction of sp³-hybridized carbons (Fsp3) is 0.583. The van der Waals surface area contributed by atoms with E-state index < -0.39 is 16.3 Å². The van der Waals surface area contributed by atoms with Gasteiger partial charge in [0.2, 0.25) is 5.82 Å². The Hall–Kier alpha value is -1.79. The van der Waals surface area contributed by atoms with Crippen molar-refractivity contribution in [1.29, 1.82) is 0 Å². The van der Waals surface area contributed by atoms with Crippen LogP contribution in [0.3, 0.4) is 0 Å². The van der Waals surface area contributed by atoms with Crippen LogP contribution in [-0.4, -0.2) is 28.9 Å². The van der Waals surface area contributed by atoms with Gasteiger partial charge in [0.15, 0.2) is 0 Å². The van der Waals surface area contributed by atoms with Crippen LogP contribution < -0.4 is 4.90 Å². The summed E-state index contributed by atoms with van der Waals surface area (Å²) >= 11 is 0. The van der Waals surface area contributed by atoms with Crippen LogP contribution in [0.2, 0.25) is 0 Å². The van der Waals surface area contributed by atoms with E-state index in [4.69, 9.17) is 0 Å². The van der Waals surface area contributed by atoms with Gasteiger partial charge in [-0.3, -0.25) is 10.1 Å². The standard InChI is InChI=1S/C12H13F2N3O2/c13-12(14)7-11(12)4-2-6-16(8-11)10-9(17(18)19)3-1-5-15-10/h1,3,5H,2,4,6-8H2. The molecule has 5 nitrogen and oxygen atoms in total. The van der Waals surface area contributed by atoms with E-state index in [1.807, 2.05) is 0 Å². The van der Waals surface area contributed by atoms with Gasteiger partial charge in [-0.15, -0.1) is 0 Å². The number of nitro groups is 1. The number of alkyl halides is 2. The molecule has 2 fully saturated rings. The van der Waals surface area contributed by atoms with E-state index in [-0.39, 0.29) is 24.5 Å². The molecule has 0 N–H and O–H groups in total. The quantitative estimate of drug-likeness (QED) is 0.611. The third-order valence-electron chi connectivity index (χ3n) is 4.05. The Morgan fingerprint density at radius 1 is 1.47 bits per heavy atom. The van der Waals surface area contributed by atoms with Gasteiger partial charge in [-0.25, -0.2) is 13.8 Å². The van der Waals surface area contributed by atoms with Crippen molar-refractivity contribution in [2.45, 2.75) is 25.2 Å². The molecule has 1 aliphatic heterocycles. The second-order valence-electron chi connectivity index (χ2n) is 5.29. The van der Waals surface area contributed by atoms with Gasteiger partial charge >= 0.3 is 5.69 Å². The van der Waals surface area contributed by atoms with Crippen LogP contribution in [0.5, 0.6) is 0 Å². The van der Waals surface area contributed by atoms with Gasteiger partial charge in [-0.2, -0.15) is 0 Å². The number of pyridine rings is 1. The van der Waals surface area contributed by atoms with Crippen molar-refractivity contribution >= 4 is 11.5 Å². The van der Waals surface area contributed by atoms with Crippen LogP contribution in [-0.2, 0) is 0 Å². The van der Waals surface area contributed by atoms with E-state index in [0.29, 0.717) is 19.4 Å². The summed E-state index contributed by atoms with van der Waals surface area (Å²) in [7, 11) is 0. The summed E-state index contributed by atoms with van der Waals surface area (Å²) in [4.78, 5) is 16.1. The first-order valence-corrected chi connectivity index (χ1v) is 6.17. The SMILES string of the molecule is O=[N+]([O-])c1cccnc1N1CCCC2(C1)CC2(F)F. The highest BCUT2D eigenvalue weighted by Crippen LogP contribution is 2.64. The third-order valence-corrected chi connectivity index (χ3v) is 4.05. The molecule has 0 amide bonds. The van der Waals surface area contributed by atoms with Crippen molar-refractivity contribution in [3.8, 4) is 0 Å². The van der Waals surface area contributed by atoms with Gasteiger partial charge in [-0.1, -0.05) is 0 Å². The van der Waals surface area contributed by atoms with Gasteiger partial charge in [0.1, 0.15) is 0 Å². The van der Waals surface area contributed by atoms with Crippen LogP contribution in [0.25, 0.3) is 0 Å². The van der Waals surface area contributed by atoms with Crippen molar-refractivity contribution in [3.05, 3.63) is 28.4 Å². The number of nitrogens with zero attached hydrogens (tertiary/aromatic N) is 3. The molecule has 1 saturated heterocycles. The first kappa shape index (κ1) is 12.3. The van der Waals surface area contributed by atoms with Crippen LogP contribution >= 0.6 is 0 Å². The lowest BCUT2D eigenvalue weighted by molar-refractivity contribution is -0.384. The Morgan fingerprint density at radius 3 is 2.84 bits per heavy atom. The summed E-state index contributed by atoms with van der Waals surface area (Å²) < 4.78 is 26.9. The zero-order valence-corrected chi connectivity index (χ0v) is 10.2. The minimum Gasteiger partial charge on any atom is -0.350 e. The maximum atomic E-state index is 13.4. The fourth-order valence-electron chi connectivity index (χ4n) is 2.91. The first-order valence-electron chi connectivity index (χ1n) is 6.17. The largest absolute Gasteiger partial charge is 0.350 e. The molecule has 1 aromatic heterocycles. The lowest BCUT2D eigenvalue weighted by atomic mass is 9.94. The van der Waals surface area contributed by atoms with E-state index >= 15 is 0 Å². The summed E-state index contributed by atoms with van der Waals surface area (Å²) in [6, 6.07) is 2.84. The Balaban J connectivity index is 1.89. The minimum atomic E-state index is -2.63. The maximum Gasteiger partial charge on any atom is 0.311 e. The Bertz CT molecular complexity index is 537. The number of halogens is 2. The summed E-state index contributed by atoms with van der Waals surface area (Å²) in [5, 5.41) is 11.0. The van der Waals surface area contributed by atoms with E-state index in [9.17, 15) is 18.9 Å². The van der Waals surface area contributed by atoms with Gasteiger partial charge in [0.25, 0.3) is 5.92 Å². The van der Waals surface area contributed by atoms with Gasteiger partial charge in [-0.05, 0) is 18.9 Å². The summed E-state index contributed by atoms with van der Waals surface area (Å²) in [6.45, 7) is 0.688. The molecule has 1 atom stereocenters. The highest BCUT2D eigenvalue weighted by Gasteiger charge is 2.71. The molecule has 2 aliphatic rings. The maximum absolute atomic E-state index is 13.4. The zero-order valence-electron chi connectivity index (χ0n) is 10.2. The van der Waals surface area contributed by atoms with Crippen molar-refractivity contribution in [3.63, 3.8) is 0 Å². The van der Waals surface area contributed by atoms with Crippen LogP contribution in [0.15, 0.2) is 18.3 Å². The highest BCUT2D eigenvalue weighted by atomic mass is 19.3. The Morgan fingerprint density at radius 2 is 2.21 bits per heavy atom. The minimum absolute atomic E-state index is 0.114. The average Bonchev–Trinajstić information content (AvgIpc) is 2.89. The second-order valence-corrected chi connectivity index (χ2v) is 5.29. The number of anilines is 1. The summed E-state index contributed by atoms with van der Waals surface area (Å²) in [5.41, 5.74) is -1.11. The predicted molar refractivity (Wildman–Crippen MR) is 64.3 cm³/mol. The van der Waals surface area contributed by atoms with Crippen LogP contribution in [0, 0.1) is 15.5 Å². The lowest BCUT2D eigenvalue weighted by Gasteiger charge is -2.33. The molecule has 1 saturated carbocycles. The van der Waals surface area contributed by atoms with Crippen molar-refractivity contribution in [2.24, 2.45) is 5.41 Å². The van der Waals surface area contributed by atoms with E-state index in [1.54, 1.807) is 4.90 Å². The van der Waals surface area contributed by atoms with Crippen molar-refractivity contribution in [2.75, 3.05) is 18.0 Å². The lowest BCUT2D eigenvalue weighted by Crippen LogP contribution is -2.39. The van der Waals surface area contributed by atoms with Crippen molar-refractivity contribution in [1.82, 2.24) is 4.98 Å². The third kappa shape index (κ3) is 1.84. The summed E-state index contributed by atoms with van der Waals surface area (Å²) in [5.74, 6) is -2.43. The highest BCUT2D eigenvalue weighted by molar-refractivity contribution is 5.58. The molecule has 19 heavy (non-hydrogen) atoms. The van der Waals surface area contributed by atoms with Crippen LogP contribution in [0.4, 0.5) is 20.3 Å². The molecule has 1 aromatic rings. The molecule has 0 aromatic carbocycles. The normalized spacial score (nSPS) is 28.4. The van der Waals surface area contributed by atoms with E-state index in [2.05, 4.69) is 4.98 Å². The smallest absolute Gasteiger partial charge is 0.311 e. The number of hydrogen-bond acceptors (Lipinski definition) is 4. The Labute approximate surface area is 108 Å². The predicted octanol–water partition coefficient (Wildman–Crippen LogP) is 2.62. The topological polar surface area (TPSA) is 59.3 Å². The molecule has 1 aliphatic carbocycles. The first-order chi connectivity index (χ1) is 8.95. The average molecular weight is 269 g/mol. The number of aromatic nitrogens is 1. The fourth-order valence-corrected chi connectivity index (χ4v) is 2.91. The zero-order chi connectivity index (χ0) is 13.7. The van der Waals surface area contributed by atoms with Gasteiger partial charge in [0, 0.05) is 31.8 Å². The van der Waals surface area contributed by atoms with Gasteiger partial charge < -0.3 is 4.90 Å². The summed E-state index contributed by atoms with van der Waals surface area (Å²) in [6.07, 6.45) is 2.44. The number of piperidine rings is 1.